The van der Waals surface area contributed by atoms with Crippen LogP contribution in [0.15, 0.2) is 35.7 Å². The van der Waals surface area contributed by atoms with Crippen LogP contribution >= 0.6 is 11.3 Å². The van der Waals surface area contributed by atoms with Crippen molar-refractivity contribution in [2.24, 2.45) is 0 Å². The van der Waals surface area contributed by atoms with Gasteiger partial charge in [0.2, 0.25) is 0 Å². The number of carbonyl (C=O) groups excluding carboxylic acids is 2. The number of Topliss-reactive ketones (excluding diaryl/α,β-unsaturated/α-hetero) is 1. The zero-order valence-corrected chi connectivity index (χ0v) is 12.7. The molecule has 0 amide bonds. The maximum Gasteiger partial charge on any atom is 0.305 e. The van der Waals surface area contributed by atoms with Crippen LogP contribution in [-0.2, 0) is 20.7 Å². The number of ketones is 1. The Balaban J connectivity index is 1.83. The van der Waals surface area contributed by atoms with E-state index in [2.05, 4.69) is 9.72 Å². The van der Waals surface area contributed by atoms with Crippen molar-refractivity contribution >= 4 is 23.1 Å². The summed E-state index contributed by atoms with van der Waals surface area (Å²) in [5, 5.41) is 2.95. The van der Waals surface area contributed by atoms with Crippen molar-refractivity contribution in [2.45, 2.75) is 25.7 Å². The van der Waals surface area contributed by atoms with Crippen LogP contribution in [0.1, 0.15) is 24.3 Å². The van der Waals surface area contributed by atoms with Crippen LogP contribution in [0.5, 0.6) is 0 Å². The molecule has 0 N–H and O–H groups in total. The first-order valence-electron chi connectivity index (χ1n) is 6.77. The summed E-state index contributed by atoms with van der Waals surface area (Å²) in [6.07, 6.45) is 1.43. The SMILES string of the molecule is COC(=O)CCC(=O)CCc1nc(-c2ccccc2)cs1. The van der Waals surface area contributed by atoms with Gasteiger partial charge in [-0.05, 0) is 0 Å². The highest BCUT2D eigenvalue weighted by Gasteiger charge is 2.09. The summed E-state index contributed by atoms with van der Waals surface area (Å²) in [5.74, 6) is -0.277. The minimum Gasteiger partial charge on any atom is -0.469 e. The van der Waals surface area contributed by atoms with Crippen molar-refractivity contribution in [3.8, 4) is 11.3 Å². The van der Waals surface area contributed by atoms with Crippen LogP contribution in [0, 0.1) is 0 Å². The molecule has 1 aromatic heterocycles. The maximum atomic E-state index is 11.7. The minimum atomic E-state index is -0.344. The summed E-state index contributed by atoms with van der Waals surface area (Å²) in [6.45, 7) is 0. The zero-order valence-electron chi connectivity index (χ0n) is 11.9. The average molecular weight is 303 g/mol. The molecule has 1 aromatic carbocycles. The third-order valence-electron chi connectivity index (χ3n) is 3.07. The Morgan fingerprint density at radius 2 is 1.90 bits per heavy atom. The summed E-state index contributed by atoms with van der Waals surface area (Å²) >= 11 is 1.56. The first-order chi connectivity index (χ1) is 10.2. The molecule has 0 unspecified atom stereocenters. The van der Waals surface area contributed by atoms with Crippen molar-refractivity contribution in [2.75, 3.05) is 7.11 Å². The van der Waals surface area contributed by atoms with Crippen molar-refractivity contribution in [3.63, 3.8) is 0 Å². The van der Waals surface area contributed by atoms with E-state index >= 15 is 0 Å². The normalized spacial score (nSPS) is 10.3. The number of hydrogen-bond acceptors (Lipinski definition) is 5. The molecule has 0 radical (unpaired) electrons. The number of thiazole rings is 1. The van der Waals surface area contributed by atoms with Gasteiger partial charge in [0.05, 0.1) is 24.2 Å². The highest BCUT2D eigenvalue weighted by molar-refractivity contribution is 7.09. The predicted octanol–water partition coefficient (Wildman–Crippen LogP) is 3.27. The second-order valence-electron chi connectivity index (χ2n) is 4.61. The van der Waals surface area contributed by atoms with Gasteiger partial charge in [0, 0.05) is 30.2 Å². The van der Waals surface area contributed by atoms with Crippen molar-refractivity contribution in [1.82, 2.24) is 4.98 Å². The fourth-order valence-corrected chi connectivity index (χ4v) is 2.69. The molecule has 110 valence electrons. The van der Waals surface area contributed by atoms with Gasteiger partial charge < -0.3 is 4.74 Å². The summed E-state index contributed by atoms with van der Waals surface area (Å²) in [7, 11) is 1.33. The van der Waals surface area contributed by atoms with Crippen molar-refractivity contribution in [3.05, 3.63) is 40.7 Å². The predicted molar refractivity (Wildman–Crippen MR) is 82.1 cm³/mol. The van der Waals surface area contributed by atoms with Crippen LogP contribution in [0.2, 0.25) is 0 Å². The van der Waals surface area contributed by atoms with E-state index in [0.29, 0.717) is 12.8 Å². The molecule has 1 heterocycles. The molecule has 0 spiro atoms. The first-order valence-corrected chi connectivity index (χ1v) is 7.65. The number of aryl methyl sites for hydroxylation is 1. The number of esters is 1. The lowest BCUT2D eigenvalue weighted by Gasteiger charge is -1.99. The van der Waals surface area contributed by atoms with Crippen LogP contribution in [-0.4, -0.2) is 23.8 Å². The topological polar surface area (TPSA) is 56.3 Å². The van der Waals surface area contributed by atoms with E-state index in [4.69, 9.17) is 0 Å². The lowest BCUT2D eigenvalue weighted by Crippen LogP contribution is -2.06. The molecule has 0 aliphatic heterocycles. The molecule has 21 heavy (non-hydrogen) atoms. The van der Waals surface area contributed by atoms with E-state index in [0.717, 1.165) is 16.3 Å². The minimum absolute atomic E-state index is 0.0665. The zero-order chi connectivity index (χ0) is 15.1. The number of ether oxygens (including phenoxy) is 1. The summed E-state index contributed by atoms with van der Waals surface area (Å²) in [6, 6.07) is 9.95. The Morgan fingerprint density at radius 3 is 2.62 bits per heavy atom. The van der Waals surface area contributed by atoms with Gasteiger partial charge >= 0.3 is 5.97 Å². The number of nitrogens with zero attached hydrogens (tertiary/aromatic N) is 1. The van der Waals surface area contributed by atoms with Gasteiger partial charge in [-0.25, -0.2) is 4.98 Å². The van der Waals surface area contributed by atoms with E-state index in [1.54, 1.807) is 11.3 Å². The number of rotatable bonds is 7. The van der Waals surface area contributed by atoms with E-state index in [9.17, 15) is 9.59 Å². The summed E-state index contributed by atoms with van der Waals surface area (Å²) in [4.78, 5) is 27.2. The summed E-state index contributed by atoms with van der Waals surface area (Å²) in [5.41, 5.74) is 2.02. The van der Waals surface area contributed by atoms with Gasteiger partial charge in [0.25, 0.3) is 0 Å². The monoisotopic (exact) mass is 303 g/mol. The third kappa shape index (κ3) is 4.79. The molecule has 0 saturated carbocycles. The summed E-state index contributed by atoms with van der Waals surface area (Å²) < 4.78 is 4.51. The Bertz CT molecular complexity index is 607. The van der Waals surface area contributed by atoms with Crippen LogP contribution in [0.25, 0.3) is 11.3 Å². The molecular formula is C16H17NO3S. The van der Waals surface area contributed by atoms with Gasteiger partial charge in [-0.3, -0.25) is 9.59 Å². The Morgan fingerprint density at radius 1 is 1.14 bits per heavy atom. The molecule has 0 atom stereocenters. The van der Waals surface area contributed by atoms with E-state index < -0.39 is 0 Å². The van der Waals surface area contributed by atoms with Crippen molar-refractivity contribution < 1.29 is 14.3 Å². The third-order valence-corrected chi connectivity index (χ3v) is 3.98. The van der Waals surface area contributed by atoms with Gasteiger partial charge in [-0.15, -0.1) is 11.3 Å². The van der Waals surface area contributed by atoms with Crippen LogP contribution in [0.4, 0.5) is 0 Å². The number of benzene rings is 1. The first kappa shape index (κ1) is 15.4. The smallest absolute Gasteiger partial charge is 0.305 e. The van der Waals surface area contributed by atoms with E-state index in [1.165, 1.54) is 7.11 Å². The van der Waals surface area contributed by atoms with Crippen molar-refractivity contribution in [1.29, 1.82) is 0 Å². The lowest BCUT2D eigenvalue weighted by atomic mass is 10.1. The second-order valence-corrected chi connectivity index (χ2v) is 5.55. The van der Waals surface area contributed by atoms with Crippen LogP contribution < -0.4 is 0 Å². The number of carbonyl (C=O) groups is 2. The fraction of sp³-hybridized carbons (Fsp3) is 0.312. The lowest BCUT2D eigenvalue weighted by molar-refractivity contribution is -0.141. The van der Waals surface area contributed by atoms with Gasteiger partial charge in [0.1, 0.15) is 5.78 Å². The van der Waals surface area contributed by atoms with E-state index in [1.807, 2.05) is 35.7 Å². The molecule has 5 heteroatoms. The Labute approximate surface area is 127 Å². The number of methoxy groups -OCH3 is 1. The molecule has 2 aromatic rings. The molecule has 0 aliphatic carbocycles. The van der Waals surface area contributed by atoms with Gasteiger partial charge in [0.15, 0.2) is 0 Å². The molecule has 0 bridgehead atoms. The molecular weight excluding hydrogens is 286 g/mol. The van der Waals surface area contributed by atoms with Gasteiger partial charge in [-0.1, -0.05) is 30.3 Å². The second kappa shape index (κ2) is 7.69. The number of aromatic nitrogens is 1. The fourth-order valence-electron chi connectivity index (χ4n) is 1.88. The molecule has 0 fully saturated rings. The largest absolute Gasteiger partial charge is 0.469 e. The standard InChI is InChI=1S/C16H17NO3S/c1-20-16(19)10-8-13(18)7-9-15-17-14(11-21-15)12-5-3-2-4-6-12/h2-6,11H,7-10H2,1H3. The Kier molecular flexibility index (Phi) is 5.63. The van der Waals surface area contributed by atoms with Gasteiger partial charge in [-0.2, -0.15) is 0 Å². The molecule has 0 aliphatic rings. The van der Waals surface area contributed by atoms with Crippen LogP contribution in [0.3, 0.4) is 0 Å². The quantitative estimate of drug-likeness (QED) is 0.737. The maximum absolute atomic E-state index is 11.7. The highest BCUT2D eigenvalue weighted by atomic mass is 32.1. The molecule has 4 nitrogen and oxygen atoms in total. The Hall–Kier alpha value is -2.01. The molecule has 2 rings (SSSR count). The van der Waals surface area contributed by atoms with E-state index in [-0.39, 0.29) is 24.6 Å². The average Bonchev–Trinajstić information content (AvgIpc) is 3.00. The highest BCUT2D eigenvalue weighted by Crippen LogP contribution is 2.22. The number of hydrogen-bond donors (Lipinski definition) is 0. The molecule has 0 saturated heterocycles.